The molecule has 1 aliphatic heterocycles. The average Bonchev–Trinajstić information content (AvgIpc) is 2.42. The summed E-state index contributed by atoms with van der Waals surface area (Å²) in [4.78, 5) is 0. The molecule has 74 valence electrons. The third-order valence-corrected chi connectivity index (χ3v) is 2.65. The number of hydrogen-bond donors (Lipinski definition) is 0. The average molecular weight is 255 g/mol. The van der Waals surface area contributed by atoms with Crippen molar-refractivity contribution in [1.29, 1.82) is 0 Å². The van der Waals surface area contributed by atoms with Gasteiger partial charge in [0, 0.05) is 6.42 Å². The summed E-state index contributed by atoms with van der Waals surface area (Å²) >= 11 is 3.46. The summed E-state index contributed by atoms with van der Waals surface area (Å²) in [5, 5.41) is 0. The largest absolute Gasteiger partial charge is 0.489 e. The molecule has 0 fully saturated rings. The second-order valence-electron chi connectivity index (χ2n) is 3.08. The third kappa shape index (κ3) is 1.77. The molecule has 3 heteroatoms. The highest BCUT2D eigenvalue weighted by atomic mass is 79.9. The molecule has 0 radical (unpaired) electrons. The molecule has 1 aromatic carbocycles. The fourth-order valence-corrected chi connectivity index (χ4v) is 1.94. The molecule has 0 spiro atoms. The number of hydrogen-bond acceptors (Lipinski definition) is 2. The Balaban J connectivity index is 2.48. The number of fused-ring (bicyclic) bond motifs is 1. The van der Waals surface area contributed by atoms with Gasteiger partial charge in [-0.3, -0.25) is 0 Å². The number of halogens is 1. The van der Waals surface area contributed by atoms with Crippen LogP contribution in [0.2, 0.25) is 0 Å². The minimum absolute atomic E-state index is 0.707. The lowest BCUT2D eigenvalue weighted by atomic mass is 10.2. The fraction of sp³-hybridized carbons (Fsp3) is 0.273. The van der Waals surface area contributed by atoms with Gasteiger partial charge < -0.3 is 9.47 Å². The predicted octanol–water partition coefficient (Wildman–Crippen LogP) is 3.25. The summed E-state index contributed by atoms with van der Waals surface area (Å²) in [5.74, 6) is 1.60. The molecule has 0 N–H and O–H groups in total. The second kappa shape index (κ2) is 4.05. The van der Waals surface area contributed by atoms with Gasteiger partial charge >= 0.3 is 0 Å². The van der Waals surface area contributed by atoms with Gasteiger partial charge in [0.15, 0.2) is 11.5 Å². The van der Waals surface area contributed by atoms with E-state index in [-0.39, 0.29) is 0 Å². The van der Waals surface area contributed by atoms with E-state index in [1.54, 1.807) is 6.08 Å². The van der Waals surface area contributed by atoms with Gasteiger partial charge in [-0.1, -0.05) is 12.7 Å². The van der Waals surface area contributed by atoms with Crippen LogP contribution in [0.4, 0.5) is 0 Å². The first-order chi connectivity index (χ1) is 6.81. The standard InChI is InChI=1S/C11H11BrO2/c1-2-8-6-9(12)11-10(7-8)13-4-3-5-14-11/h2,6-7H,1,3-5H2. The van der Waals surface area contributed by atoms with Crippen LogP contribution in [0.3, 0.4) is 0 Å². The van der Waals surface area contributed by atoms with Crippen LogP contribution in [-0.2, 0) is 0 Å². The highest BCUT2D eigenvalue weighted by molar-refractivity contribution is 9.10. The van der Waals surface area contributed by atoms with Crippen molar-refractivity contribution in [1.82, 2.24) is 0 Å². The summed E-state index contributed by atoms with van der Waals surface area (Å²) in [6, 6.07) is 3.92. The van der Waals surface area contributed by atoms with Crippen LogP contribution in [0.25, 0.3) is 6.08 Å². The number of rotatable bonds is 1. The molecule has 1 heterocycles. The van der Waals surface area contributed by atoms with Crippen molar-refractivity contribution in [2.75, 3.05) is 13.2 Å². The Morgan fingerprint density at radius 1 is 1.29 bits per heavy atom. The van der Waals surface area contributed by atoms with E-state index in [0.29, 0.717) is 13.2 Å². The molecule has 0 bridgehead atoms. The maximum absolute atomic E-state index is 5.57. The maximum Gasteiger partial charge on any atom is 0.175 e. The predicted molar refractivity (Wildman–Crippen MR) is 59.8 cm³/mol. The topological polar surface area (TPSA) is 18.5 Å². The molecule has 0 unspecified atom stereocenters. The van der Waals surface area contributed by atoms with Gasteiger partial charge in [-0.05, 0) is 33.6 Å². The van der Waals surface area contributed by atoms with Crippen LogP contribution in [0, 0.1) is 0 Å². The molecular formula is C11H11BrO2. The molecule has 0 aliphatic carbocycles. The van der Waals surface area contributed by atoms with E-state index in [4.69, 9.17) is 9.47 Å². The molecule has 0 aromatic heterocycles. The Morgan fingerprint density at radius 2 is 2.07 bits per heavy atom. The van der Waals surface area contributed by atoms with E-state index in [1.807, 2.05) is 12.1 Å². The van der Waals surface area contributed by atoms with Crippen LogP contribution in [0.1, 0.15) is 12.0 Å². The first-order valence-corrected chi connectivity index (χ1v) is 5.32. The van der Waals surface area contributed by atoms with Crippen molar-refractivity contribution < 1.29 is 9.47 Å². The molecule has 14 heavy (non-hydrogen) atoms. The summed E-state index contributed by atoms with van der Waals surface area (Å²) in [6.07, 6.45) is 2.71. The van der Waals surface area contributed by atoms with Crippen LogP contribution in [0.15, 0.2) is 23.2 Å². The number of ether oxygens (including phenoxy) is 2. The molecule has 0 atom stereocenters. The fourth-order valence-electron chi connectivity index (χ4n) is 1.37. The monoisotopic (exact) mass is 254 g/mol. The first-order valence-electron chi connectivity index (χ1n) is 4.53. The van der Waals surface area contributed by atoms with Crippen LogP contribution < -0.4 is 9.47 Å². The lowest BCUT2D eigenvalue weighted by molar-refractivity contribution is 0.296. The van der Waals surface area contributed by atoms with Gasteiger partial charge in [0.1, 0.15) is 0 Å². The minimum Gasteiger partial charge on any atom is -0.489 e. The van der Waals surface area contributed by atoms with Gasteiger partial charge in [0.25, 0.3) is 0 Å². The zero-order valence-corrected chi connectivity index (χ0v) is 9.34. The molecular weight excluding hydrogens is 244 g/mol. The van der Waals surface area contributed by atoms with Gasteiger partial charge in [-0.15, -0.1) is 0 Å². The molecule has 2 rings (SSSR count). The third-order valence-electron chi connectivity index (χ3n) is 2.06. The molecule has 2 nitrogen and oxygen atoms in total. The molecule has 0 saturated heterocycles. The van der Waals surface area contributed by atoms with E-state index in [9.17, 15) is 0 Å². The van der Waals surface area contributed by atoms with Crippen molar-refractivity contribution in [3.8, 4) is 11.5 Å². The van der Waals surface area contributed by atoms with Gasteiger partial charge in [-0.25, -0.2) is 0 Å². The van der Waals surface area contributed by atoms with E-state index in [2.05, 4.69) is 22.5 Å². The Kier molecular flexibility index (Phi) is 2.77. The molecule has 0 saturated carbocycles. The summed E-state index contributed by atoms with van der Waals surface area (Å²) in [6.45, 7) is 5.14. The zero-order chi connectivity index (χ0) is 9.97. The van der Waals surface area contributed by atoms with Crippen molar-refractivity contribution in [3.63, 3.8) is 0 Å². The SMILES string of the molecule is C=Cc1cc(Br)c2c(c1)OCCCO2. The summed E-state index contributed by atoms with van der Waals surface area (Å²) < 4.78 is 12.1. The Labute approximate surface area is 91.7 Å². The van der Waals surface area contributed by atoms with E-state index in [1.165, 1.54) is 0 Å². The summed E-state index contributed by atoms with van der Waals surface area (Å²) in [5.41, 5.74) is 1.03. The van der Waals surface area contributed by atoms with Gasteiger partial charge in [0.2, 0.25) is 0 Å². The number of benzene rings is 1. The van der Waals surface area contributed by atoms with Crippen LogP contribution >= 0.6 is 15.9 Å². The quantitative estimate of drug-likeness (QED) is 0.766. The maximum atomic E-state index is 5.57. The highest BCUT2D eigenvalue weighted by Gasteiger charge is 2.14. The highest BCUT2D eigenvalue weighted by Crippen LogP contribution is 2.38. The van der Waals surface area contributed by atoms with Crippen LogP contribution in [-0.4, -0.2) is 13.2 Å². The zero-order valence-electron chi connectivity index (χ0n) is 7.75. The van der Waals surface area contributed by atoms with Crippen molar-refractivity contribution in [3.05, 3.63) is 28.7 Å². The van der Waals surface area contributed by atoms with Crippen molar-refractivity contribution in [2.24, 2.45) is 0 Å². The smallest absolute Gasteiger partial charge is 0.175 e. The first kappa shape index (κ1) is 9.59. The van der Waals surface area contributed by atoms with Gasteiger partial charge in [-0.2, -0.15) is 0 Å². The van der Waals surface area contributed by atoms with Gasteiger partial charge in [0.05, 0.1) is 17.7 Å². The lowest BCUT2D eigenvalue weighted by Gasteiger charge is -2.09. The Morgan fingerprint density at radius 3 is 2.86 bits per heavy atom. The van der Waals surface area contributed by atoms with E-state index in [0.717, 1.165) is 28.0 Å². The van der Waals surface area contributed by atoms with Crippen molar-refractivity contribution in [2.45, 2.75) is 6.42 Å². The second-order valence-corrected chi connectivity index (χ2v) is 3.94. The lowest BCUT2D eigenvalue weighted by Crippen LogP contribution is -1.97. The Bertz CT molecular complexity index is 361. The molecule has 0 amide bonds. The van der Waals surface area contributed by atoms with Crippen molar-refractivity contribution >= 4 is 22.0 Å². The minimum atomic E-state index is 0.707. The van der Waals surface area contributed by atoms with E-state index >= 15 is 0 Å². The summed E-state index contributed by atoms with van der Waals surface area (Å²) in [7, 11) is 0. The molecule has 1 aromatic rings. The normalized spacial score (nSPS) is 14.6. The van der Waals surface area contributed by atoms with E-state index < -0.39 is 0 Å². The Hall–Kier alpha value is -0.960. The van der Waals surface area contributed by atoms with Crippen LogP contribution in [0.5, 0.6) is 11.5 Å². The molecule has 1 aliphatic rings.